The largest absolute Gasteiger partial charge is 0.409 e. The summed E-state index contributed by atoms with van der Waals surface area (Å²) in [6.45, 7) is 1.90. The predicted octanol–water partition coefficient (Wildman–Crippen LogP) is 0.216. The van der Waals surface area contributed by atoms with Crippen LogP contribution in [0.3, 0.4) is 0 Å². The van der Waals surface area contributed by atoms with Crippen molar-refractivity contribution in [1.82, 2.24) is 5.32 Å². The standard InChI is InChI=1S/C7H15N3OS/c1-5(7(8)10-11)9-6-2-3-12-4-6/h5-6,9,11H,2-4H2,1H3,(H2,8,10). The Hall–Kier alpha value is -0.420. The average Bonchev–Trinajstić information content (AvgIpc) is 2.55. The second-order valence-corrected chi connectivity index (χ2v) is 4.12. The molecule has 0 amide bonds. The van der Waals surface area contributed by atoms with Gasteiger partial charge in [-0.1, -0.05) is 5.16 Å². The van der Waals surface area contributed by atoms with Crippen LogP contribution in [0.2, 0.25) is 0 Å². The molecule has 12 heavy (non-hydrogen) atoms. The number of nitrogens with two attached hydrogens (primary N) is 1. The lowest BCUT2D eigenvalue weighted by molar-refractivity contribution is 0.314. The van der Waals surface area contributed by atoms with Gasteiger partial charge in [-0.3, -0.25) is 0 Å². The molecule has 1 heterocycles. The minimum atomic E-state index is -0.0290. The SMILES string of the molecule is CC(NC1CCSC1)/C(N)=N/O. The third-order valence-corrected chi connectivity index (χ3v) is 3.14. The van der Waals surface area contributed by atoms with Crippen molar-refractivity contribution in [2.24, 2.45) is 10.9 Å². The number of rotatable bonds is 3. The monoisotopic (exact) mass is 189 g/mol. The van der Waals surface area contributed by atoms with E-state index in [1.807, 2.05) is 18.7 Å². The third kappa shape index (κ3) is 2.57. The summed E-state index contributed by atoms with van der Waals surface area (Å²) in [6, 6.07) is 0.490. The summed E-state index contributed by atoms with van der Waals surface area (Å²) in [4.78, 5) is 0. The number of oxime groups is 1. The van der Waals surface area contributed by atoms with Crippen molar-refractivity contribution in [1.29, 1.82) is 0 Å². The van der Waals surface area contributed by atoms with E-state index in [1.165, 1.54) is 12.2 Å². The summed E-state index contributed by atoms with van der Waals surface area (Å²) in [7, 11) is 0. The van der Waals surface area contributed by atoms with E-state index in [1.54, 1.807) is 0 Å². The van der Waals surface area contributed by atoms with Crippen molar-refractivity contribution < 1.29 is 5.21 Å². The molecule has 1 saturated heterocycles. The fourth-order valence-corrected chi connectivity index (χ4v) is 2.36. The fourth-order valence-electron chi connectivity index (χ4n) is 1.19. The Morgan fingerprint density at radius 1 is 1.83 bits per heavy atom. The molecule has 0 aromatic carbocycles. The van der Waals surface area contributed by atoms with Crippen LogP contribution in [-0.2, 0) is 0 Å². The predicted molar refractivity (Wildman–Crippen MR) is 51.7 cm³/mol. The fraction of sp³-hybridized carbons (Fsp3) is 0.857. The molecule has 0 spiro atoms. The van der Waals surface area contributed by atoms with Crippen LogP contribution in [0, 0.1) is 0 Å². The molecule has 0 bridgehead atoms. The smallest absolute Gasteiger partial charge is 0.156 e. The zero-order valence-corrected chi connectivity index (χ0v) is 7.97. The minimum absolute atomic E-state index is 0.0290. The maximum absolute atomic E-state index is 8.40. The molecule has 1 fully saturated rings. The van der Waals surface area contributed by atoms with Crippen LogP contribution in [-0.4, -0.2) is 34.6 Å². The molecule has 70 valence electrons. The van der Waals surface area contributed by atoms with Crippen molar-refractivity contribution in [2.45, 2.75) is 25.4 Å². The first kappa shape index (κ1) is 9.67. The average molecular weight is 189 g/mol. The van der Waals surface area contributed by atoms with Gasteiger partial charge in [0.2, 0.25) is 0 Å². The second-order valence-electron chi connectivity index (χ2n) is 2.97. The van der Waals surface area contributed by atoms with E-state index < -0.39 is 0 Å². The highest BCUT2D eigenvalue weighted by Crippen LogP contribution is 2.17. The van der Waals surface area contributed by atoms with Crippen molar-refractivity contribution in [2.75, 3.05) is 11.5 Å². The third-order valence-electron chi connectivity index (χ3n) is 1.97. The molecule has 5 heteroatoms. The Bertz CT molecular complexity index is 168. The summed E-state index contributed by atoms with van der Waals surface area (Å²) < 4.78 is 0. The molecule has 2 atom stereocenters. The van der Waals surface area contributed by atoms with Crippen LogP contribution >= 0.6 is 11.8 Å². The van der Waals surface area contributed by atoms with Gasteiger partial charge < -0.3 is 16.3 Å². The summed E-state index contributed by atoms with van der Waals surface area (Å²) in [5.74, 6) is 2.59. The number of hydrogen-bond acceptors (Lipinski definition) is 4. The zero-order chi connectivity index (χ0) is 8.97. The lowest BCUT2D eigenvalue weighted by Gasteiger charge is -2.16. The van der Waals surface area contributed by atoms with Gasteiger partial charge in [0.25, 0.3) is 0 Å². The summed E-state index contributed by atoms with van der Waals surface area (Å²) >= 11 is 1.94. The van der Waals surface area contributed by atoms with Crippen molar-refractivity contribution >= 4 is 17.6 Å². The van der Waals surface area contributed by atoms with E-state index in [9.17, 15) is 0 Å². The van der Waals surface area contributed by atoms with Crippen LogP contribution < -0.4 is 11.1 Å². The van der Waals surface area contributed by atoms with Crippen LogP contribution in [0.25, 0.3) is 0 Å². The Kier molecular flexibility index (Phi) is 3.68. The van der Waals surface area contributed by atoms with Gasteiger partial charge in [0, 0.05) is 11.8 Å². The molecule has 0 saturated carbocycles. The molecule has 1 aliphatic heterocycles. The normalized spacial score (nSPS) is 27.4. The van der Waals surface area contributed by atoms with E-state index in [0.29, 0.717) is 6.04 Å². The zero-order valence-electron chi connectivity index (χ0n) is 7.16. The Morgan fingerprint density at radius 3 is 3.08 bits per heavy atom. The first-order valence-corrected chi connectivity index (χ1v) is 5.20. The Morgan fingerprint density at radius 2 is 2.58 bits per heavy atom. The molecule has 1 rings (SSSR count). The van der Waals surface area contributed by atoms with Crippen LogP contribution in [0.5, 0.6) is 0 Å². The van der Waals surface area contributed by atoms with Crippen molar-refractivity contribution in [3.8, 4) is 0 Å². The molecule has 4 N–H and O–H groups in total. The number of nitrogens with zero attached hydrogens (tertiary/aromatic N) is 1. The van der Waals surface area contributed by atoms with Gasteiger partial charge in [0.05, 0.1) is 6.04 Å². The van der Waals surface area contributed by atoms with Gasteiger partial charge in [-0.05, 0) is 19.1 Å². The number of nitrogens with one attached hydrogen (secondary N) is 1. The molecule has 0 radical (unpaired) electrons. The number of amidine groups is 1. The first-order chi connectivity index (χ1) is 5.74. The van der Waals surface area contributed by atoms with E-state index >= 15 is 0 Å². The van der Waals surface area contributed by atoms with Gasteiger partial charge >= 0.3 is 0 Å². The minimum Gasteiger partial charge on any atom is -0.409 e. The summed E-state index contributed by atoms with van der Waals surface area (Å²) in [6.07, 6.45) is 1.17. The number of thioether (sulfide) groups is 1. The molecular weight excluding hydrogens is 174 g/mol. The first-order valence-electron chi connectivity index (χ1n) is 4.05. The van der Waals surface area contributed by atoms with E-state index in [-0.39, 0.29) is 11.9 Å². The van der Waals surface area contributed by atoms with Crippen molar-refractivity contribution in [3.63, 3.8) is 0 Å². The van der Waals surface area contributed by atoms with Gasteiger partial charge in [-0.2, -0.15) is 11.8 Å². The summed E-state index contributed by atoms with van der Waals surface area (Å²) in [5, 5.41) is 14.6. The maximum atomic E-state index is 8.40. The highest BCUT2D eigenvalue weighted by Gasteiger charge is 2.18. The highest BCUT2D eigenvalue weighted by molar-refractivity contribution is 7.99. The molecule has 4 nitrogen and oxygen atoms in total. The second kappa shape index (κ2) is 4.57. The highest BCUT2D eigenvalue weighted by atomic mass is 32.2. The quantitative estimate of drug-likeness (QED) is 0.257. The lowest BCUT2D eigenvalue weighted by Crippen LogP contribution is -2.44. The molecule has 0 aliphatic carbocycles. The Balaban J connectivity index is 2.29. The number of hydrogen-bond donors (Lipinski definition) is 3. The maximum Gasteiger partial charge on any atom is 0.156 e. The van der Waals surface area contributed by atoms with Gasteiger partial charge in [-0.25, -0.2) is 0 Å². The van der Waals surface area contributed by atoms with Gasteiger partial charge in [0.1, 0.15) is 0 Å². The van der Waals surface area contributed by atoms with Crippen LogP contribution in [0.1, 0.15) is 13.3 Å². The molecule has 0 aromatic rings. The van der Waals surface area contributed by atoms with Gasteiger partial charge in [-0.15, -0.1) is 0 Å². The Labute approximate surface area is 76.6 Å². The lowest BCUT2D eigenvalue weighted by atomic mass is 10.2. The van der Waals surface area contributed by atoms with Crippen LogP contribution in [0.15, 0.2) is 5.16 Å². The van der Waals surface area contributed by atoms with Crippen LogP contribution in [0.4, 0.5) is 0 Å². The molecule has 2 unspecified atom stereocenters. The van der Waals surface area contributed by atoms with E-state index in [2.05, 4.69) is 10.5 Å². The van der Waals surface area contributed by atoms with Gasteiger partial charge in [0.15, 0.2) is 5.84 Å². The van der Waals surface area contributed by atoms with E-state index in [0.717, 1.165) is 5.75 Å². The molecular formula is C7H15N3OS. The molecule has 1 aliphatic rings. The van der Waals surface area contributed by atoms with Crippen molar-refractivity contribution in [3.05, 3.63) is 0 Å². The van der Waals surface area contributed by atoms with E-state index in [4.69, 9.17) is 10.9 Å². The summed E-state index contributed by atoms with van der Waals surface area (Å²) in [5.41, 5.74) is 5.43. The topological polar surface area (TPSA) is 70.6 Å². The molecule has 0 aromatic heterocycles.